The zero-order valence-corrected chi connectivity index (χ0v) is 7.72. The summed E-state index contributed by atoms with van der Waals surface area (Å²) in [6, 6.07) is 0. The van der Waals surface area contributed by atoms with Crippen LogP contribution in [0.3, 0.4) is 0 Å². The first-order valence-electron chi connectivity index (χ1n) is 3.99. The lowest BCUT2D eigenvalue weighted by Crippen LogP contribution is -1.92. The van der Waals surface area contributed by atoms with E-state index in [2.05, 4.69) is 30.8 Å². The first-order valence-corrected chi connectivity index (χ1v) is 4.62. The van der Waals surface area contributed by atoms with Crippen LogP contribution in [0.4, 0.5) is 0 Å². The van der Waals surface area contributed by atoms with Crippen LogP contribution in [-0.2, 0) is 13.0 Å². The van der Waals surface area contributed by atoms with E-state index in [1.807, 2.05) is 10.9 Å². The van der Waals surface area contributed by atoms with Gasteiger partial charge < -0.3 is 0 Å². The van der Waals surface area contributed by atoms with E-state index in [4.69, 9.17) is 0 Å². The average molecular weight is 170 g/mol. The maximum atomic E-state index is 4.18. The van der Waals surface area contributed by atoms with E-state index in [9.17, 15) is 0 Å². The van der Waals surface area contributed by atoms with Crippen molar-refractivity contribution < 1.29 is 0 Å². The van der Waals surface area contributed by atoms with Gasteiger partial charge in [0.2, 0.25) is 0 Å². The standard InChI is InChI=1S/C8H14N2S/c1-2-10-7-8(6-9-10)4-3-5-11/h6-7,11H,2-5H2,1H3. The molecule has 0 bridgehead atoms. The Bertz CT molecular complexity index is 208. The molecule has 1 heterocycles. The Morgan fingerprint density at radius 1 is 1.64 bits per heavy atom. The minimum atomic E-state index is 0.956. The fourth-order valence-corrected chi connectivity index (χ4v) is 1.15. The molecule has 0 spiro atoms. The quantitative estimate of drug-likeness (QED) is 0.682. The van der Waals surface area contributed by atoms with Gasteiger partial charge in [-0.3, -0.25) is 4.68 Å². The van der Waals surface area contributed by atoms with Gasteiger partial charge in [-0.05, 0) is 31.1 Å². The van der Waals surface area contributed by atoms with Gasteiger partial charge in [0.25, 0.3) is 0 Å². The predicted molar refractivity (Wildman–Crippen MR) is 50.1 cm³/mol. The summed E-state index contributed by atoms with van der Waals surface area (Å²) in [4.78, 5) is 0. The van der Waals surface area contributed by atoms with Crippen molar-refractivity contribution in [2.75, 3.05) is 5.75 Å². The second-order valence-corrected chi connectivity index (χ2v) is 2.98. The zero-order chi connectivity index (χ0) is 8.10. The highest BCUT2D eigenvalue weighted by Crippen LogP contribution is 2.01. The second-order valence-electron chi connectivity index (χ2n) is 2.53. The third-order valence-corrected chi connectivity index (χ3v) is 1.95. The molecule has 0 saturated carbocycles. The van der Waals surface area contributed by atoms with Crippen LogP contribution in [0.1, 0.15) is 18.9 Å². The van der Waals surface area contributed by atoms with Crippen LogP contribution in [0.5, 0.6) is 0 Å². The van der Waals surface area contributed by atoms with Crippen LogP contribution in [0.25, 0.3) is 0 Å². The smallest absolute Gasteiger partial charge is 0.0521 e. The molecular formula is C8H14N2S. The summed E-state index contributed by atoms with van der Waals surface area (Å²) in [5.41, 5.74) is 1.32. The Kier molecular flexibility index (Phi) is 3.49. The molecule has 0 N–H and O–H groups in total. The Morgan fingerprint density at radius 2 is 2.45 bits per heavy atom. The molecular weight excluding hydrogens is 156 g/mol. The highest BCUT2D eigenvalue weighted by atomic mass is 32.1. The molecule has 0 radical (unpaired) electrons. The average Bonchev–Trinajstić information content (AvgIpc) is 2.48. The molecule has 1 aromatic rings. The van der Waals surface area contributed by atoms with Gasteiger partial charge in [0.05, 0.1) is 6.20 Å². The van der Waals surface area contributed by atoms with E-state index < -0.39 is 0 Å². The molecule has 0 unspecified atom stereocenters. The monoisotopic (exact) mass is 170 g/mol. The molecule has 1 aromatic heterocycles. The molecule has 62 valence electrons. The fourth-order valence-electron chi connectivity index (χ4n) is 0.992. The van der Waals surface area contributed by atoms with E-state index in [1.54, 1.807) is 0 Å². The van der Waals surface area contributed by atoms with Crippen LogP contribution in [0.15, 0.2) is 12.4 Å². The molecule has 2 nitrogen and oxygen atoms in total. The van der Waals surface area contributed by atoms with E-state index in [1.165, 1.54) is 5.56 Å². The van der Waals surface area contributed by atoms with Crippen molar-refractivity contribution in [2.24, 2.45) is 0 Å². The van der Waals surface area contributed by atoms with E-state index >= 15 is 0 Å². The van der Waals surface area contributed by atoms with Crippen LogP contribution < -0.4 is 0 Å². The first kappa shape index (κ1) is 8.65. The van der Waals surface area contributed by atoms with Crippen LogP contribution in [0.2, 0.25) is 0 Å². The Morgan fingerprint density at radius 3 is 3.00 bits per heavy atom. The summed E-state index contributed by atoms with van der Waals surface area (Å²) in [6.07, 6.45) is 6.28. The Balaban J connectivity index is 2.44. The van der Waals surface area contributed by atoms with Crippen molar-refractivity contribution in [1.29, 1.82) is 0 Å². The SMILES string of the molecule is CCn1cc(CCCS)cn1. The fraction of sp³-hybridized carbons (Fsp3) is 0.625. The molecule has 0 saturated heterocycles. The van der Waals surface area contributed by atoms with E-state index in [-0.39, 0.29) is 0 Å². The van der Waals surface area contributed by atoms with Gasteiger partial charge in [-0.25, -0.2) is 0 Å². The highest BCUT2D eigenvalue weighted by molar-refractivity contribution is 7.80. The predicted octanol–water partition coefficient (Wildman–Crippen LogP) is 1.77. The number of thiol groups is 1. The number of hydrogen-bond donors (Lipinski definition) is 1. The number of rotatable bonds is 4. The lowest BCUT2D eigenvalue weighted by atomic mass is 10.2. The van der Waals surface area contributed by atoms with Gasteiger partial charge in [0.1, 0.15) is 0 Å². The maximum absolute atomic E-state index is 4.18. The van der Waals surface area contributed by atoms with Crippen molar-refractivity contribution in [3.05, 3.63) is 18.0 Å². The summed E-state index contributed by atoms with van der Waals surface area (Å²) in [6.45, 7) is 3.05. The van der Waals surface area contributed by atoms with Crippen molar-refractivity contribution in [3.63, 3.8) is 0 Å². The summed E-state index contributed by atoms with van der Waals surface area (Å²) >= 11 is 4.15. The first-order chi connectivity index (χ1) is 5.36. The summed E-state index contributed by atoms with van der Waals surface area (Å²) in [5.74, 6) is 0.956. The van der Waals surface area contributed by atoms with E-state index in [0.717, 1.165) is 25.1 Å². The molecule has 0 aliphatic carbocycles. The van der Waals surface area contributed by atoms with Gasteiger partial charge in [0.15, 0.2) is 0 Å². The third-order valence-electron chi connectivity index (χ3n) is 1.63. The van der Waals surface area contributed by atoms with Crippen molar-refractivity contribution in [2.45, 2.75) is 26.3 Å². The minimum Gasteiger partial charge on any atom is -0.273 e. The number of nitrogens with zero attached hydrogens (tertiary/aromatic N) is 2. The minimum absolute atomic E-state index is 0.956. The van der Waals surface area contributed by atoms with Crippen LogP contribution in [-0.4, -0.2) is 15.5 Å². The van der Waals surface area contributed by atoms with Gasteiger partial charge >= 0.3 is 0 Å². The highest BCUT2D eigenvalue weighted by Gasteiger charge is 1.95. The van der Waals surface area contributed by atoms with Crippen molar-refractivity contribution in [3.8, 4) is 0 Å². The summed E-state index contributed by atoms with van der Waals surface area (Å²) in [5, 5.41) is 4.18. The molecule has 1 rings (SSSR count). The molecule has 0 atom stereocenters. The van der Waals surface area contributed by atoms with Gasteiger partial charge in [-0.2, -0.15) is 17.7 Å². The molecule has 0 amide bonds. The molecule has 11 heavy (non-hydrogen) atoms. The van der Waals surface area contributed by atoms with Gasteiger partial charge in [-0.15, -0.1) is 0 Å². The topological polar surface area (TPSA) is 17.8 Å². The molecule has 0 aliphatic heterocycles. The van der Waals surface area contributed by atoms with Crippen LogP contribution >= 0.6 is 12.6 Å². The zero-order valence-electron chi connectivity index (χ0n) is 6.82. The second kappa shape index (κ2) is 4.44. The van der Waals surface area contributed by atoms with Gasteiger partial charge in [0, 0.05) is 12.7 Å². The van der Waals surface area contributed by atoms with Crippen LogP contribution in [0, 0.1) is 0 Å². The number of aromatic nitrogens is 2. The lowest BCUT2D eigenvalue weighted by Gasteiger charge is -1.92. The molecule has 3 heteroatoms. The largest absolute Gasteiger partial charge is 0.273 e. The Labute approximate surface area is 73.0 Å². The third kappa shape index (κ3) is 2.58. The van der Waals surface area contributed by atoms with Crippen molar-refractivity contribution in [1.82, 2.24) is 9.78 Å². The molecule has 0 fully saturated rings. The summed E-state index contributed by atoms with van der Waals surface area (Å²) in [7, 11) is 0. The van der Waals surface area contributed by atoms with Crippen molar-refractivity contribution >= 4 is 12.6 Å². The molecule has 0 aliphatic rings. The van der Waals surface area contributed by atoms with Gasteiger partial charge in [-0.1, -0.05) is 0 Å². The Hall–Kier alpha value is -0.440. The molecule has 0 aromatic carbocycles. The summed E-state index contributed by atoms with van der Waals surface area (Å²) < 4.78 is 1.95. The normalized spacial score (nSPS) is 10.4. The number of aryl methyl sites for hydroxylation is 2. The maximum Gasteiger partial charge on any atom is 0.0521 e. The van der Waals surface area contributed by atoms with E-state index in [0.29, 0.717) is 0 Å². The number of hydrogen-bond acceptors (Lipinski definition) is 2. The lowest BCUT2D eigenvalue weighted by molar-refractivity contribution is 0.659.